The lowest BCUT2D eigenvalue weighted by atomic mass is 9.74. The maximum atomic E-state index is 11.3. The summed E-state index contributed by atoms with van der Waals surface area (Å²) in [7, 11) is 0. The van der Waals surface area contributed by atoms with Crippen LogP contribution in [0.3, 0.4) is 0 Å². The van der Waals surface area contributed by atoms with Crippen molar-refractivity contribution in [3.05, 3.63) is 48.0 Å². The second-order valence-corrected chi connectivity index (χ2v) is 4.79. The fourth-order valence-electron chi connectivity index (χ4n) is 2.38. The zero-order valence-corrected chi connectivity index (χ0v) is 11.0. The fraction of sp³-hybridized carbons (Fsp3) is 0.333. The number of benzene rings is 1. The molecule has 1 amide bonds. The van der Waals surface area contributed by atoms with Crippen molar-refractivity contribution in [2.24, 2.45) is 0 Å². The minimum atomic E-state index is -0.914. The van der Waals surface area contributed by atoms with E-state index in [1.165, 1.54) is 6.08 Å². The van der Waals surface area contributed by atoms with E-state index in [2.05, 4.69) is 11.9 Å². The highest BCUT2D eigenvalue weighted by atomic mass is 16.5. The molecular formula is C15H17NO4. The van der Waals surface area contributed by atoms with Crippen LogP contribution in [-0.4, -0.2) is 29.8 Å². The first-order valence-electron chi connectivity index (χ1n) is 6.48. The molecule has 0 saturated heterocycles. The molecule has 1 aromatic rings. The van der Waals surface area contributed by atoms with E-state index in [1.807, 2.05) is 12.1 Å². The van der Waals surface area contributed by atoms with E-state index < -0.39 is 12.1 Å². The Kier molecular flexibility index (Phi) is 4.40. The Balaban J connectivity index is 1.89. The topological polar surface area (TPSA) is 75.6 Å². The van der Waals surface area contributed by atoms with Gasteiger partial charge in [-0.15, -0.1) is 0 Å². The molecule has 106 valence electrons. The van der Waals surface area contributed by atoms with Crippen molar-refractivity contribution in [2.45, 2.75) is 24.8 Å². The third-order valence-corrected chi connectivity index (χ3v) is 3.42. The highest BCUT2D eigenvalue weighted by molar-refractivity contribution is 5.89. The summed E-state index contributed by atoms with van der Waals surface area (Å²) in [5, 5.41) is 11.9. The van der Waals surface area contributed by atoms with Crippen molar-refractivity contribution in [2.75, 3.05) is 6.61 Å². The van der Waals surface area contributed by atoms with E-state index in [4.69, 9.17) is 9.84 Å². The first kappa shape index (κ1) is 14.1. The molecule has 0 heterocycles. The summed E-state index contributed by atoms with van der Waals surface area (Å²) < 4.78 is 4.84. The second-order valence-electron chi connectivity index (χ2n) is 4.79. The van der Waals surface area contributed by atoms with Crippen molar-refractivity contribution in [1.29, 1.82) is 0 Å². The molecule has 1 aromatic carbocycles. The van der Waals surface area contributed by atoms with Gasteiger partial charge in [-0.25, -0.2) is 9.59 Å². The lowest BCUT2D eigenvalue weighted by Crippen LogP contribution is -2.43. The zero-order chi connectivity index (χ0) is 14.5. The van der Waals surface area contributed by atoms with Gasteiger partial charge < -0.3 is 15.2 Å². The molecule has 0 spiro atoms. The number of hydrogen-bond acceptors (Lipinski definition) is 3. The van der Waals surface area contributed by atoms with E-state index in [0.717, 1.165) is 18.4 Å². The Morgan fingerprint density at radius 2 is 2.10 bits per heavy atom. The number of carbonyl (C=O) groups excluding carboxylic acids is 1. The molecule has 1 fully saturated rings. The largest absolute Gasteiger partial charge is 0.478 e. The number of aromatic carboxylic acids is 1. The van der Waals surface area contributed by atoms with Crippen LogP contribution in [0.15, 0.2) is 36.9 Å². The van der Waals surface area contributed by atoms with Gasteiger partial charge in [-0.1, -0.05) is 30.9 Å². The molecule has 1 aliphatic carbocycles. The van der Waals surface area contributed by atoms with Crippen LogP contribution < -0.4 is 5.32 Å². The predicted molar refractivity (Wildman–Crippen MR) is 73.8 cm³/mol. The smallest absolute Gasteiger partial charge is 0.407 e. The molecule has 5 nitrogen and oxygen atoms in total. The average molecular weight is 275 g/mol. The Morgan fingerprint density at radius 3 is 2.75 bits per heavy atom. The number of carboxylic acids is 1. The standard InChI is InChI=1S/C15H17NO4/c1-2-7-20-15(19)16-11-8-10(9-11)12-5-3-4-6-13(12)14(17)18/h2-6,10-11H,1,7-9H2,(H,16,19)(H,17,18). The van der Waals surface area contributed by atoms with E-state index >= 15 is 0 Å². The second kappa shape index (κ2) is 6.23. The quantitative estimate of drug-likeness (QED) is 0.810. The molecule has 5 heteroatoms. The van der Waals surface area contributed by atoms with Gasteiger partial charge in [-0.3, -0.25) is 0 Å². The first-order chi connectivity index (χ1) is 9.61. The molecule has 0 atom stereocenters. The summed E-state index contributed by atoms with van der Waals surface area (Å²) in [5.41, 5.74) is 1.17. The van der Waals surface area contributed by atoms with Crippen LogP contribution in [0.1, 0.15) is 34.7 Å². The monoisotopic (exact) mass is 275 g/mol. The highest BCUT2D eigenvalue weighted by Gasteiger charge is 2.33. The zero-order valence-electron chi connectivity index (χ0n) is 11.0. The van der Waals surface area contributed by atoms with Gasteiger partial charge in [0.2, 0.25) is 0 Å². The van der Waals surface area contributed by atoms with Crippen LogP contribution in [0.4, 0.5) is 4.79 Å². The van der Waals surface area contributed by atoms with Crippen LogP contribution in [0.5, 0.6) is 0 Å². The number of nitrogens with one attached hydrogen (secondary N) is 1. The van der Waals surface area contributed by atoms with Gasteiger partial charge in [-0.2, -0.15) is 0 Å². The number of amides is 1. The molecule has 0 radical (unpaired) electrons. The summed E-state index contributed by atoms with van der Waals surface area (Å²) in [6, 6.07) is 7.03. The van der Waals surface area contributed by atoms with Crippen molar-refractivity contribution >= 4 is 12.1 Å². The molecule has 0 aliphatic heterocycles. The number of alkyl carbamates (subject to hydrolysis) is 1. The Labute approximate surface area is 117 Å². The lowest BCUT2D eigenvalue weighted by Gasteiger charge is -2.36. The van der Waals surface area contributed by atoms with E-state index in [9.17, 15) is 9.59 Å². The Hall–Kier alpha value is -2.30. The van der Waals surface area contributed by atoms with E-state index in [-0.39, 0.29) is 18.6 Å². The van der Waals surface area contributed by atoms with Gasteiger partial charge in [-0.05, 0) is 30.4 Å². The van der Waals surface area contributed by atoms with E-state index in [0.29, 0.717) is 5.56 Å². The van der Waals surface area contributed by atoms with Gasteiger partial charge in [0, 0.05) is 6.04 Å². The summed E-state index contributed by atoms with van der Waals surface area (Å²) in [5.74, 6) is -0.741. The van der Waals surface area contributed by atoms with Gasteiger partial charge in [0.1, 0.15) is 6.61 Å². The summed E-state index contributed by atoms with van der Waals surface area (Å²) in [6.45, 7) is 3.65. The Morgan fingerprint density at radius 1 is 1.40 bits per heavy atom. The van der Waals surface area contributed by atoms with Crippen LogP contribution in [0.25, 0.3) is 0 Å². The number of hydrogen-bond donors (Lipinski definition) is 2. The average Bonchev–Trinajstić information content (AvgIpc) is 2.40. The minimum Gasteiger partial charge on any atom is -0.478 e. The van der Waals surface area contributed by atoms with Crippen molar-refractivity contribution < 1.29 is 19.4 Å². The lowest BCUT2D eigenvalue weighted by molar-refractivity contribution is 0.0693. The molecule has 2 N–H and O–H groups in total. The van der Waals surface area contributed by atoms with Crippen molar-refractivity contribution in [3.63, 3.8) is 0 Å². The first-order valence-corrected chi connectivity index (χ1v) is 6.48. The van der Waals surface area contributed by atoms with Gasteiger partial charge in [0.25, 0.3) is 0 Å². The normalized spacial score (nSPS) is 20.6. The third-order valence-electron chi connectivity index (χ3n) is 3.42. The molecular weight excluding hydrogens is 258 g/mol. The number of carbonyl (C=O) groups is 2. The highest BCUT2D eigenvalue weighted by Crippen LogP contribution is 2.38. The maximum Gasteiger partial charge on any atom is 0.407 e. The summed E-state index contributed by atoms with van der Waals surface area (Å²) >= 11 is 0. The SMILES string of the molecule is C=CCOC(=O)NC1CC(c2ccccc2C(=O)O)C1. The molecule has 20 heavy (non-hydrogen) atoms. The van der Waals surface area contributed by atoms with E-state index in [1.54, 1.807) is 12.1 Å². The summed E-state index contributed by atoms with van der Waals surface area (Å²) in [6.07, 6.45) is 2.51. The fourth-order valence-corrected chi connectivity index (χ4v) is 2.38. The number of ether oxygens (including phenoxy) is 1. The molecule has 1 saturated carbocycles. The Bertz CT molecular complexity index is 520. The molecule has 0 bridgehead atoms. The van der Waals surface area contributed by atoms with Crippen molar-refractivity contribution in [1.82, 2.24) is 5.32 Å². The molecule has 2 rings (SSSR count). The van der Waals surface area contributed by atoms with Crippen LogP contribution in [-0.2, 0) is 4.74 Å². The maximum absolute atomic E-state index is 11.3. The third kappa shape index (κ3) is 3.17. The summed E-state index contributed by atoms with van der Waals surface area (Å²) in [4.78, 5) is 22.5. The van der Waals surface area contributed by atoms with Crippen LogP contribution in [0.2, 0.25) is 0 Å². The molecule has 0 aromatic heterocycles. The number of carboxylic acid groups (broad SMARTS) is 1. The number of rotatable bonds is 5. The van der Waals surface area contributed by atoms with Crippen LogP contribution >= 0.6 is 0 Å². The molecule has 1 aliphatic rings. The minimum absolute atomic E-state index is 0.0409. The van der Waals surface area contributed by atoms with Crippen molar-refractivity contribution in [3.8, 4) is 0 Å². The molecule has 0 unspecified atom stereocenters. The van der Waals surface area contributed by atoms with Gasteiger partial charge >= 0.3 is 12.1 Å². The van der Waals surface area contributed by atoms with Crippen LogP contribution in [0, 0.1) is 0 Å². The predicted octanol–water partition coefficient (Wildman–Crippen LogP) is 2.54. The van der Waals surface area contributed by atoms with Gasteiger partial charge in [0.05, 0.1) is 5.56 Å². The van der Waals surface area contributed by atoms with Gasteiger partial charge in [0.15, 0.2) is 0 Å².